The van der Waals surface area contributed by atoms with E-state index in [2.05, 4.69) is 34.7 Å². The lowest BCUT2D eigenvalue weighted by molar-refractivity contribution is -0.121. The zero-order chi connectivity index (χ0) is 42.3. The summed E-state index contributed by atoms with van der Waals surface area (Å²) in [4.78, 5) is 33.3. The van der Waals surface area contributed by atoms with Crippen molar-refractivity contribution in [1.29, 1.82) is 0 Å². The van der Waals surface area contributed by atoms with Crippen molar-refractivity contribution < 1.29 is 28.5 Å². The lowest BCUT2D eigenvalue weighted by Crippen LogP contribution is -2.19. The van der Waals surface area contributed by atoms with Crippen LogP contribution in [0.25, 0.3) is 62.7 Å². The molecule has 0 unspecified atom stereocenters. The number of carbonyl (C=O) groups is 2. The molecule has 4 aromatic heterocycles. The first-order valence-corrected chi connectivity index (χ1v) is 19.6. The number of H-pyrrole nitrogens is 1. The van der Waals surface area contributed by atoms with Gasteiger partial charge in [0, 0.05) is 53.4 Å². The molecule has 3 N–H and O–H groups in total. The van der Waals surface area contributed by atoms with Crippen molar-refractivity contribution in [2.75, 3.05) is 64.5 Å². The van der Waals surface area contributed by atoms with E-state index in [1.54, 1.807) is 35.6 Å². The Balaban J connectivity index is 1.18. The molecule has 8 aromatic rings. The minimum Gasteiger partial charge on any atom is -0.382 e. The summed E-state index contributed by atoms with van der Waals surface area (Å²) in [5.74, 6) is 0.529. The molecule has 61 heavy (non-hydrogen) atoms. The maximum atomic E-state index is 12.4. The van der Waals surface area contributed by atoms with E-state index in [-0.39, 0.29) is 25.0 Å². The normalized spacial score (nSPS) is 11.8. The highest BCUT2D eigenvalue weighted by Crippen LogP contribution is 2.31. The van der Waals surface area contributed by atoms with Gasteiger partial charge in [0.25, 0.3) is 0 Å². The molecular formula is C45H44N10O6. The average Bonchev–Trinajstić information content (AvgIpc) is 4.03. The van der Waals surface area contributed by atoms with Crippen LogP contribution in [0.2, 0.25) is 0 Å². The third-order valence-electron chi connectivity index (χ3n) is 9.91. The van der Waals surface area contributed by atoms with E-state index >= 15 is 0 Å². The van der Waals surface area contributed by atoms with Gasteiger partial charge in [0.05, 0.1) is 31.6 Å². The van der Waals surface area contributed by atoms with E-state index in [4.69, 9.17) is 44.3 Å². The molecule has 8 rings (SSSR count). The third-order valence-corrected chi connectivity index (χ3v) is 9.91. The Hall–Kier alpha value is -7.11. The highest BCUT2D eigenvalue weighted by Gasteiger charge is 2.22. The van der Waals surface area contributed by atoms with Crippen molar-refractivity contribution in [3.63, 3.8) is 0 Å². The molecule has 4 aromatic carbocycles. The van der Waals surface area contributed by atoms with Crippen LogP contribution >= 0.6 is 0 Å². The first-order valence-electron chi connectivity index (χ1n) is 19.6. The number of hydrogen-bond acceptors (Lipinski definition) is 11. The zero-order valence-electron chi connectivity index (χ0n) is 34.1. The van der Waals surface area contributed by atoms with E-state index in [1.165, 1.54) is 0 Å². The SMILES string of the molecule is COCCOCC(=O)Nc1ccc(-c2nc3/c(=C\c4c(-c5ccccc5C)nn5nc(-c6ccc(NC(=O)COCCOC)cc6)[nH]c45)c(-c4ccccc4C)nn3n2)cc1. The number of nitrogens with one attached hydrogen (secondary N) is 3. The molecule has 2 amide bonds. The Kier molecular flexibility index (Phi) is 12.3. The van der Waals surface area contributed by atoms with Crippen molar-refractivity contribution in [1.82, 2.24) is 39.6 Å². The second-order valence-corrected chi connectivity index (χ2v) is 14.2. The van der Waals surface area contributed by atoms with Gasteiger partial charge in [-0.15, -0.1) is 29.7 Å². The van der Waals surface area contributed by atoms with E-state index < -0.39 is 0 Å². The summed E-state index contributed by atoms with van der Waals surface area (Å²) in [5.41, 5.74) is 10.2. The quantitative estimate of drug-likeness (QED) is 0.0982. The van der Waals surface area contributed by atoms with Crippen LogP contribution in [0.4, 0.5) is 11.4 Å². The molecular weight excluding hydrogens is 777 g/mol. The number of aryl methyl sites for hydroxylation is 2. The molecule has 0 saturated carbocycles. The highest BCUT2D eigenvalue weighted by molar-refractivity contribution is 5.93. The van der Waals surface area contributed by atoms with Gasteiger partial charge in [0.1, 0.15) is 24.6 Å². The van der Waals surface area contributed by atoms with Crippen LogP contribution in [0.1, 0.15) is 16.7 Å². The topological polar surface area (TPSA) is 184 Å². The molecule has 0 aliphatic rings. The summed E-state index contributed by atoms with van der Waals surface area (Å²) in [5, 5.41) is 26.2. The molecule has 16 nitrogen and oxygen atoms in total. The zero-order valence-corrected chi connectivity index (χ0v) is 34.1. The number of nitrogens with zero attached hydrogens (tertiary/aromatic N) is 7. The Labute approximate surface area is 350 Å². The molecule has 0 spiro atoms. The first-order chi connectivity index (χ1) is 29.8. The average molecular weight is 821 g/mol. The fraction of sp³-hybridized carbons (Fsp3) is 0.222. The number of hydrogen-bond donors (Lipinski definition) is 3. The van der Waals surface area contributed by atoms with Crippen LogP contribution in [0, 0.1) is 13.8 Å². The molecule has 0 atom stereocenters. The van der Waals surface area contributed by atoms with E-state index in [9.17, 15) is 9.59 Å². The molecule has 0 bridgehead atoms. The number of anilines is 2. The molecule has 4 heterocycles. The van der Waals surface area contributed by atoms with Gasteiger partial charge in [-0.2, -0.15) is 0 Å². The van der Waals surface area contributed by atoms with Gasteiger partial charge >= 0.3 is 0 Å². The van der Waals surface area contributed by atoms with Gasteiger partial charge in [0.2, 0.25) is 11.8 Å². The number of methoxy groups -OCH3 is 2. The minimum atomic E-state index is -0.265. The van der Waals surface area contributed by atoms with Gasteiger partial charge in [-0.25, -0.2) is 4.98 Å². The largest absolute Gasteiger partial charge is 0.382 e. The van der Waals surface area contributed by atoms with Gasteiger partial charge in [-0.3, -0.25) is 9.59 Å². The standard InChI is InChI=1S/C45H44N10O6/c1-28-9-5-7-11-34(28)40-36(44-48-42(52-54(44)50-40)30-13-17-32(18-14-30)46-38(56)26-60-23-21-58-3)25-37-41(35-12-8-6-10-29(35)2)51-55-45(37)49-43(53-55)31-15-19-33(20-16-31)47-39(57)27-61-24-22-59-4/h5-20,25H,21-24,26-27H2,1-4H3,(H,46,56)(H,47,57)(H,48,52)/b37-25-. The fourth-order valence-corrected chi connectivity index (χ4v) is 6.80. The summed E-state index contributed by atoms with van der Waals surface area (Å²) in [6.07, 6.45) is 2.05. The number of benzene rings is 4. The summed E-state index contributed by atoms with van der Waals surface area (Å²) in [6.45, 7) is 5.44. The van der Waals surface area contributed by atoms with Gasteiger partial charge in [-0.1, -0.05) is 48.5 Å². The summed E-state index contributed by atoms with van der Waals surface area (Å²) >= 11 is 0. The summed E-state index contributed by atoms with van der Waals surface area (Å²) in [7, 11) is 3.16. The smallest absolute Gasteiger partial charge is 0.250 e. The van der Waals surface area contributed by atoms with E-state index in [0.717, 1.165) is 49.9 Å². The fourth-order valence-electron chi connectivity index (χ4n) is 6.80. The number of aromatic amines is 1. The van der Waals surface area contributed by atoms with Gasteiger partial charge in [0.15, 0.2) is 22.9 Å². The molecule has 16 heteroatoms. The number of rotatable bonds is 17. The van der Waals surface area contributed by atoms with Crippen molar-refractivity contribution in [3.05, 3.63) is 119 Å². The van der Waals surface area contributed by atoms with Crippen molar-refractivity contribution in [2.45, 2.75) is 13.8 Å². The highest BCUT2D eigenvalue weighted by atomic mass is 16.5. The van der Waals surface area contributed by atoms with Gasteiger partial charge < -0.3 is 34.6 Å². The molecule has 0 saturated heterocycles. The number of aromatic nitrogens is 8. The Morgan fingerprint density at radius 3 is 1.75 bits per heavy atom. The van der Waals surface area contributed by atoms with Crippen LogP contribution in [-0.4, -0.2) is 105 Å². The van der Waals surface area contributed by atoms with Crippen LogP contribution in [0.5, 0.6) is 0 Å². The molecule has 0 aliphatic carbocycles. The molecule has 0 aliphatic heterocycles. The first kappa shape index (κ1) is 40.7. The predicted molar refractivity (Wildman–Crippen MR) is 231 cm³/mol. The number of carbonyl (C=O) groups excluding carboxylic acids is 2. The molecule has 0 radical (unpaired) electrons. The molecule has 0 fully saturated rings. The van der Waals surface area contributed by atoms with Crippen LogP contribution < -0.4 is 15.9 Å². The minimum absolute atomic E-state index is 0.0725. The maximum Gasteiger partial charge on any atom is 0.250 e. The predicted octanol–water partition coefficient (Wildman–Crippen LogP) is 5.53. The van der Waals surface area contributed by atoms with Crippen LogP contribution in [-0.2, 0) is 28.5 Å². The van der Waals surface area contributed by atoms with E-state index in [0.29, 0.717) is 66.4 Å². The lowest BCUT2D eigenvalue weighted by atomic mass is 10.0. The van der Waals surface area contributed by atoms with E-state index in [1.807, 2.05) is 85.8 Å². The second-order valence-electron chi connectivity index (χ2n) is 14.2. The van der Waals surface area contributed by atoms with Crippen LogP contribution in [0.3, 0.4) is 0 Å². The summed E-state index contributed by atoms with van der Waals surface area (Å²) in [6, 6.07) is 30.8. The lowest BCUT2D eigenvalue weighted by Gasteiger charge is -2.07. The number of amides is 2. The Morgan fingerprint density at radius 2 is 1.18 bits per heavy atom. The summed E-state index contributed by atoms with van der Waals surface area (Å²) < 4.78 is 23.8. The molecule has 310 valence electrons. The third kappa shape index (κ3) is 9.07. The maximum absolute atomic E-state index is 12.4. The van der Waals surface area contributed by atoms with Crippen molar-refractivity contribution >= 4 is 40.6 Å². The number of ether oxygens (including phenoxy) is 4. The second kappa shape index (κ2) is 18.4. The van der Waals surface area contributed by atoms with Gasteiger partial charge in [-0.05, 0) is 79.6 Å². The Bertz CT molecular complexity index is 2870. The Morgan fingerprint density at radius 1 is 0.639 bits per heavy atom. The van der Waals surface area contributed by atoms with Crippen molar-refractivity contribution in [2.24, 2.45) is 0 Å². The number of fused-ring (bicyclic) bond motifs is 2. The monoisotopic (exact) mass is 820 g/mol. The van der Waals surface area contributed by atoms with Crippen molar-refractivity contribution in [3.8, 4) is 45.3 Å². The van der Waals surface area contributed by atoms with Crippen LogP contribution in [0.15, 0.2) is 97.1 Å².